The predicted molar refractivity (Wildman–Crippen MR) is 104 cm³/mol. The summed E-state index contributed by atoms with van der Waals surface area (Å²) in [5.74, 6) is 0.699. The average Bonchev–Trinajstić information content (AvgIpc) is 2.60. The Hall–Kier alpha value is -2.45. The zero-order valence-electron chi connectivity index (χ0n) is 15.4. The molecule has 0 aliphatic rings. The maximum atomic E-state index is 12.6. The Kier molecular flexibility index (Phi) is 6.56. The first-order valence-electron chi connectivity index (χ1n) is 7.94. The van der Waals surface area contributed by atoms with E-state index in [-0.39, 0.29) is 17.4 Å². The van der Waals surface area contributed by atoms with Crippen molar-refractivity contribution in [3.05, 3.63) is 47.0 Å². The maximum Gasteiger partial charge on any atom is 0.261 e. The summed E-state index contributed by atoms with van der Waals surface area (Å²) in [6, 6.07) is 9.01. The van der Waals surface area contributed by atoms with Crippen LogP contribution in [-0.2, 0) is 14.8 Å². The Morgan fingerprint density at radius 2 is 1.81 bits per heavy atom. The van der Waals surface area contributed by atoms with Crippen molar-refractivity contribution in [2.45, 2.75) is 11.8 Å². The van der Waals surface area contributed by atoms with Crippen molar-refractivity contribution in [1.82, 2.24) is 4.90 Å². The molecule has 0 heterocycles. The van der Waals surface area contributed by atoms with Crippen molar-refractivity contribution < 1.29 is 22.7 Å². The van der Waals surface area contributed by atoms with Crippen molar-refractivity contribution in [3.63, 3.8) is 0 Å². The fraction of sp³-hybridized carbons (Fsp3) is 0.278. The molecule has 0 fully saturated rings. The number of benzene rings is 2. The molecule has 7 nitrogen and oxygen atoms in total. The summed E-state index contributed by atoms with van der Waals surface area (Å²) in [6.07, 6.45) is 0. The normalized spacial score (nSPS) is 11.0. The number of halogens is 1. The van der Waals surface area contributed by atoms with E-state index in [0.717, 1.165) is 0 Å². The molecule has 0 saturated heterocycles. The lowest BCUT2D eigenvalue weighted by Crippen LogP contribution is -2.27. The zero-order valence-corrected chi connectivity index (χ0v) is 17.0. The van der Waals surface area contributed by atoms with E-state index < -0.39 is 10.0 Å². The number of hydrogen-bond donors (Lipinski definition) is 1. The monoisotopic (exact) mass is 412 g/mol. The Labute approximate surface area is 163 Å². The maximum absolute atomic E-state index is 12.6. The topological polar surface area (TPSA) is 84.9 Å². The first-order valence-corrected chi connectivity index (χ1v) is 9.80. The molecule has 2 aromatic carbocycles. The van der Waals surface area contributed by atoms with Crippen LogP contribution in [0.25, 0.3) is 0 Å². The summed E-state index contributed by atoms with van der Waals surface area (Å²) in [7, 11) is 0.922. The third-order valence-electron chi connectivity index (χ3n) is 3.71. The highest BCUT2D eigenvalue weighted by Gasteiger charge is 2.17. The number of hydrogen-bond acceptors (Lipinski definition) is 5. The molecule has 0 aliphatic heterocycles. The lowest BCUT2D eigenvalue weighted by molar-refractivity contribution is -0.130. The summed E-state index contributed by atoms with van der Waals surface area (Å²) in [4.78, 5) is 13.1. The van der Waals surface area contributed by atoms with Crippen LogP contribution in [0, 0.1) is 6.92 Å². The highest BCUT2D eigenvalue weighted by Crippen LogP contribution is 2.29. The quantitative estimate of drug-likeness (QED) is 0.755. The number of aryl methyl sites for hydroxylation is 1. The van der Waals surface area contributed by atoms with Crippen LogP contribution in [0.4, 0.5) is 5.69 Å². The second-order valence-corrected chi connectivity index (χ2v) is 8.05. The molecule has 2 aromatic rings. The van der Waals surface area contributed by atoms with Crippen LogP contribution in [0.1, 0.15) is 5.56 Å². The zero-order chi connectivity index (χ0) is 20.2. The minimum Gasteiger partial charge on any atom is -0.495 e. The van der Waals surface area contributed by atoms with E-state index in [0.29, 0.717) is 27.8 Å². The highest BCUT2D eigenvalue weighted by atomic mass is 35.5. The molecular weight excluding hydrogens is 392 g/mol. The van der Waals surface area contributed by atoms with Gasteiger partial charge in [0, 0.05) is 14.1 Å². The van der Waals surface area contributed by atoms with Gasteiger partial charge in [0.1, 0.15) is 11.5 Å². The molecule has 0 radical (unpaired) electrons. The smallest absolute Gasteiger partial charge is 0.261 e. The standard InChI is InChI=1S/C18H21ClN2O5S/c1-12-9-14(6-8-16(12)26-11-18(22)21(2)3)27(23,24)20-13-5-7-17(25-4)15(19)10-13/h5-10,20H,11H2,1-4H3. The molecule has 0 bridgehead atoms. The number of anilines is 1. The van der Waals surface area contributed by atoms with Crippen LogP contribution in [0.2, 0.25) is 5.02 Å². The Morgan fingerprint density at radius 1 is 1.15 bits per heavy atom. The third-order valence-corrected chi connectivity index (χ3v) is 5.38. The SMILES string of the molecule is COc1ccc(NS(=O)(=O)c2ccc(OCC(=O)N(C)C)c(C)c2)cc1Cl. The fourth-order valence-corrected chi connectivity index (χ4v) is 3.56. The van der Waals surface area contributed by atoms with Crippen molar-refractivity contribution in [1.29, 1.82) is 0 Å². The molecule has 0 aromatic heterocycles. The van der Waals surface area contributed by atoms with Crippen LogP contribution >= 0.6 is 11.6 Å². The van der Waals surface area contributed by atoms with Crippen LogP contribution in [0.3, 0.4) is 0 Å². The molecule has 0 aliphatic carbocycles. The van der Waals surface area contributed by atoms with Gasteiger partial charge in [-0.1, -0.05) is 11.6 Å². The van der Waals surface area contributed by atoms with E-state index in [4.69, 9.17) is 21.1 Å². The van der Waals surface area contributed by atoms with Gasteiger partial charge in [-0.15, -0.1) is 0 Å². The lowest BCUT2D eigenvalue weighted by Gasteiger charge is -2.14. The van der Waals surface area contributed by atoms with Crippen LogP contribution in [0.5, 0.6) is 11.5 Å². The second kappa shape index (κ2) is 8.49. The summed E-state index contributed by atoms with van der Waals surface area (Å²) in [5.41, 5.74) is 0.910. The molecule has 2 rings (SSSR count). The second-order valence-electron chi connectivity index (χ2n) is 5.96. The molecule has 0 saturated carbocycles. The first-order chi connectivity index (χ1) is 12.6. The number of rotatable bonds is 7. The minimum atomic E-state index is -3.81. The van der Waals surface area contributed by atoms with Gasteiger partial charge in [0.15, 0.2) is 6.61 Å². The van der Waals surface area contributed by atoms with Crippen molar-refractivity contribution >= 4 is 33.2 Å². The fourth-order valence-electron chi connectivity index (χ4n) is 2.16. The molecular formula is C18H21ClN2O5S. The third kappa shape index (κ3) is 5.27. The number of ether oxygens (including phenoxy) is 2. The molecule has 0 unspecified atom stereocenters. The molecule has 146 valence electrons. The predicted octanol–water partition coefficient (Wildman–Crippen LogP) is 2.92. The van der Waals surface area contributed by atoms with Crippen molar-refractivity contribution in [2.75, 3.05) is 32.5 Å². The van der Waals surface area contributed by atoms with Gasteiger partial charge in [0.25, 0.3) is 15.9 Å². The average molecular weight is 413 g/mol. The Balaban J connectivity index is 2.17. The highest BCUT2D eigenvalue weighted by molar-refractivity contribution is 7.92. The Morgan fingerprint density at radius 3 is 2.37 bits per heavy atom. The van der Waals surface area contributed by atoms with Gasteiger partial charge in [-0.25, -0.2) is 8.42 Å². The van der Waals surface area contributed by atoms with Gasteiger partial charge in [-0.3, -0.25) is 9.52 Å². The molecule has 1 amide bonds. The van der Waals surface area contributed by atoms with Gasteiger partial charge in [-0.05, 0) is 48.9 Å². The van der Waals surface area contributed by atoms with Gasteiger partial charge in [0.2, 0.25) is 0 Å². The number of methoxy groups -OCH3 is 1. The summed E-state index contributed by atoms with van der Waals surface area (Å²) in [6.45, 7) is 1.58. The minimum absolute atomic E-state index is 0.0678. The van der Waals surface area contributed by atoms with Gasteiger partial charge in [0.05, 0.1) is 22.7 Å². The molecule has 0 atom stereocenters. The van der Waals surface area contributed by atoms with E-state index in [1.165, 1.54) is 36.3 Å². The summed E-state index contributed by atoms with van der Waals surface area (Å²) >= 11 is 6.03. The van der Waals surface area contributed by atoms with Crippen molar-refractivity contribution in [2.24, 2.45) is 0 Å². The van der Waals surface area contributed by atoms with E-state index in [9.17, 15) is 13.2 Å². The molecule has 27 heavy (non-hydrogen) atoms. The van der Waals surface area contributed by atoms with Gasteiger partial charge >= 0.3 is 0 Å². The number of sulfonamides is 1. The number of amides is 1. The number of nitrogens with zero attached hydrogens (tertiary/aromatic N) is 1. The lowest BCUT2D eigenvalue weighted by atomic mass is 10.2. The van der Waals surface area contributed by atoms with Crippen LogP contribution in [0.15, 0.2) is 41.3 Å². The van der Waals surface area contributed by atoms with Gasteiger partial charge in [-0.2, -0.15) is 0 Å². The van der Waals surface area contributed by atoms with E-state index >= 15 is 0 Å². The van der Waals surface area contributed by atoms with E-state index in [1.807, 2.05) is 0 Å². The summed E-state index contributed by atoms with van der Waals surface area (Å²) in [5, 5.41) is 0.295. The number of nitrogens with one attached hydrogen (secondary N) is 1. The van der Waals surface area contributed by atoms with Crippen LogP contribution < -0.4 is 14.2 Å². The molecule has 9 heteroatoms. The van der Waals surface area contributed by atoms with E-state index in [1.54, 1.807) is 33.2 Å². The largest absolute Gasteiger partial charge is 0.495 e. The summed E-state index contributed by atoms with van der Waals surface area (Å²) < 4.78 is 38.2. The number of carbonyl (C=O) groups is 1. The molecule has 1 N–H and O–H groups in total. The van der Waals surface area contributed by atoms with Crippen LogP contribution in [-0.4, -0.2) is 47.0 Å². The van der Waals surface area contributed by atoms with Gasteiger partial charge < -0.3 is 14.4 Å². The molecule has 0 spiro atoms. The Bertz CT molecular complexity index is 945. The van der Waals surface area contributed by atoms with Crippen molar-refractivity contribution in [3.8, 4) is 11.5 Å². The first kappa shape index (κ1) is 20.9. The van der Waals surface area contributed by atoms with E-state index in [2.05, 4.69) is 4.72 Å². The number of likely N-dealkylation sites (N-methyl/N-ethyl adjacent to an activating group) is 1. The number of carbonyl (C=O) groups excluding carboxylic acids is 1.